The van der Waals surface area contributed by atoms with E-state index in [9.17, 15) is 21.2 Å². The number of rotatable bonds is 4. The molecule has 1 fully saturated rings. The lowest BCUT2D eigenvalue weighted by Crippen LogP contribution is -2.46. The van der Waals surface area contributed by atoms with Crippen LogP contribution in [-0.4, -0.2) is 43.5 Å². The Balaban J connectivity index is 1.59. The average molecular weight is 494 g/mol. The summed E-state index contributed by atoms with van der Waals surface area (Å²) in [5.41, 5.74) is 0.159. The fourth-order valence-electron chi connectivity index (χ4n) is 4.59. The maximum absolute atomic E-state index is 13.7. The molecule has 0 aliphatic carbocycles. The smallest absolute Gasteiger partial charge is 0.244 e. The molecule has 7 nitrogen and oxygen atoms in total. The molecule has 0 amide bonds. The molecule has 2 aliphatic rings. The first-order valence-electron chi connectivity index (χ1n) is 9.94. The number of hydrogen-bond acceptors (Lipinski definition) is 6. The highest BCUT2D eigenvalue weighted by Gasteiger charge is 2.58. The normalized spacial score (nSPS) is 23.1. The van der Waals surface area contributed by atoms with Crippen LogP contribution in [0.3, 0.4) is 0 Å². The summed E-state index contributed by atoms with van der Waals surface area (Å²) in [4.78, 5) is 4.46. The van der Waals surface area contributed by atoms with Gasteiger partial charge in [-0.3, -0.25) is 0 Å². The van der Waals surface area contributed by atoms with Gasteiger partial charge in [0.25, 0.3) is 0 Å². The first kappa shape index (κ1) is 21.7. The van der Waals surface area contributed by atoms with E-state index in [-0.39, 0.29) is 29.4 Å². The van der Waals surface area contributed by atoms with E-state index in [2.05, 4.69) is 4.98 Å². The zero-order chi connectivity index (χ0) is 22.7. The molecule has 1 unspecified atom stereocenters. The van der Waals surface area contributed by atoms with Crippen molar-refractivity contribution in [1.82, 2.24) is 13.6 Å². The number of aromatic nitrogens is 1. The third-order valence-electron chi connectivity index (χ3n) is 6.05. The fraction of sp³-hybridized carbons (Fsp3) is 0.286. The second kappa shape index (κ2) is 7.42. The molecule has 0 saturated carbocycles. The number of benzene rings is 2. The summed E-state index contributed by atoms with van der Waals surface area (Å²) in [6.07, 6.45) is 0.293. The molecule has 168 valence electrons. The van der Waals surface area contributed by atoms with E-state index in [1.165, 1.54) is 38.1 Å². The topological polar surface area (TPSA) is 87.7 Å². The third kappa shape index (κ3) is 3.22. The number of halogens is 1. The number of fused-ring (bicyclic) bond motifs is 2. The van der Waals surface area contributed by atoms with Crippen LogP contribution in [-0.2, 0) is 32.1 Å². The molecule has 1 aromatic heterocycles. The van der Waals surface area contributed by atoms with Gasteiger partial charge < -0.3 is 0 Å². The van der Waals surface area contributed by atoms with Gasteiger partial charge in [-0.15, -0.1) is 11.3 Å². The second-order valence-corrected chi connectivity index (χ2v) is 12.8. The Bertz CT molecular complexity index is 1420. The maximum atomic E-state index is 13.7. The van der Waals surface area contributed by atoms with E-state index in [1.54, 1.807) is 24.3 Å². The highest BCUT2D eigenvalue weighted by atomic mass is 32.2. The predicted molar refractivity (Wildman–Crippen MR) is 117 cm³/mol. The van der Waals surface area contributed by atoms with Gasteiger partial charge in [-0.2, -0.15) is 8.61 Å². The van der Waals surface area contributed by atoms with E-state index < -0.39 is 31.4 Å². The molecule has 2 aromatic carbocycles. The fourth-order valence-corrected chi connectivity index (χ4v) is 8.75. The zero-order valence-corrected chi connectivity index (χ0v) is 19.6. The van der Waals surface area contributed by atoms with Crippen molar-refractivity contribution in [1.29, 1.82) is 0 Å². The number of aryl methyl sites for hydroxylation is 1. The molecular weight excluding hydrogens is 473 g/mol. The minimum atomic E-state index is -4.00. The summed E-state index contributed by atoms with van der Waals surface area (Å²) in [5, 5.41) is 2.64. The maximum Gasteiger partial charge on any atom is 0.244 e. The summed E-state index contributed by atoms with van der Waals surface area (Å²) < 4.78 is 69.9. The van der Waals surface area contributed by atoms with E-state index in [0.29, 0.717) is 17.7 Å². The highest BCUT2D eigenvalue weighted by Crippen LogP contribution is 2.50. The SMILES string of the molecule is Cc1nc(CN2C3(CCN(S(=O)(=O)c4cccc(F)c4)C3)c3ccccc3S2(=O)=O)cs1. The molecule has 5 rings (SSSR count). The molecule has 11 heteroatoms. The molecule has 2 aliphatic heterocycles. The van der Waals surface area contributed by atoms with Gasteiger partial charge in [0.1, 0.15) is 5.82 Å². The van der Waals surface area contributed by atoms with Crippen LogP contribution in [0.1, 0.15) is 22.7 Å². The van der Waals surface area contributed by atoms with Crippen molar-refractivity contribution in [3.05, 3.63) is 76.0 Å². The molecular formula is C21H20FN3O4S3. The molecule has 1 atom stereocenters. The Morgan fingerprint density at radius 3 is 2.69 bits per heavy atom. The summed E-state index contributed by atoms with van der Waals surface area (Å²) in [6.45, 7) is 1.97. The molecule has 0 N–H and O–H groups in total. The summed E-state index contributed by atoms with van der Waals surface area (Å²) in [7, 11) is -7.85. The van der Waals surface area contributed by atoms with Crippen molar-refractivity contribution in [2.75, 3.05) is 13.1 Å². The molecule has 3 aromatic rings. The van der Waals surface area contributed by atoms with Gasteiger partial charge in [0.05, 0.1) is 32.6 Å². The van der Waals surface area contributed by atoms with Gasteiger partial charge in [-0.05, 0) is 43.2 Å². The summed E-state index contributed by atoms with van der Waals surface area (Å²) in [5.74, 6) is -0.644. The molecule has 3 heterocycles. The van der Waals surface area contributed by atoms with E-state index >= 15 is 0 Å². The lowest BCUT2D eigenvalue weighted by molar-refractivity contribution is 0.202. The first-order valence-corrected chi connectivity index (χ1v) is 13.7. The largest absolute Gasteiger partial charge is 0.245 e. The average Bonchev–Trinajstić information content (AvgIpc) is 3.43. The monoisotopic (exact) mass is 493 g/mol. The van der Waals surface area contributed by atoms with Gasteiger partial charge in [0, 0.05) is 18.5 Å². The number of thiazole rings is 1. The quantitative estimate of drug-likeness (QED) is 0.557. The second-order valence-electron chi connectivity index (χ2n) is 7.94. The Hall–Kier alpha value is -2.18. The van der Waals surface area contributed by atoms with Crippen molar-refractivity contribution in [2.24, 2.45) is 0 Å². The zero-order valence-electron chi connectivity index (χ0n) is 17.1. The molecule has 1 spiro atoms. The van der Waals surface area contributed by atoms with Crippen LogP contribution in [0.15, 0.2) is 63.7 Å². The van der Waals surface area contributed by atoms with Crippen LogP contribution in [0.25, 0.3) is 0 Å². The van der Waals surface area contributed by atoms with Crippen molar-refractivity contribution in [3.63, 3.8) is 0 Å². The van der Waals surface area contributed by atoms with Crippen LogP contribution in [0, 0.1) is 12.7 Å². The Kier molecular flexibility index (Phi) is 5.02. The Morgan fingerprint density at radius 1 is 1.19 bits per heavy atom. The van der Waals surface area contributed by atoms with Gasteiger partial charge in [-0.25, -0.2) is 26.2 Å². The molecule has 1 saturated heterocycles. The van der Waals surface area contributed by atoms with Crippen molar-refractivity contribution >= 4 is 31.4 Å². The predicted octanol–water partition coefficient (Wildman–Crippen LogP) is 3.09. The minimum absolute atomic E-state index is 0.0504. The summed E-state index contributed by atoms with van der Waals surface area (Å²) >= 11 is 1.43. The van der Waals surface area contributed by atoms with Crippen LogP contribution in [0.5, 0.6) is 0 Å². The number of sulfonamides is 2. The lowest BCUT2D eigenvalue weighted by atomic mass is 9.89. The van der Waals surface area contributed by atoms with Crippen molar-refractivity contribution in [2.45, 2.75) is 35.2 Å². The molecule has 0 bridgehead atoms. The van der Waals surface area contributed by atoms with Crippen LogP contribution >= 0.6 is 11.3 Å². The lowest BCUT2D eigenvalue weighted by Gasteiger charge is -2.33. The van der Waals surface area contributed by atoms with E-state index in [1.807, 2.05) is 12.3 Å². The van der Waals surface area contributed by atoms with E-state index in [0.717, 1.165) is 11.1 Å². The number of nitrogens with zero attached hydrogens (tertiary/aromatic N) is 3. The van der Waals surface area contributed by atoms with Gasteiger partial charge in [-0.1, -0.05) is 24.3 Å². The Morgan fingerprint density at radius 2 is 1.97 bits per heavy atom. The van der Waals surface area contributed by atoms with Crippen molar-refractivity contribution < 1.29 is 21.2 Å². The van der Waals surface area contributed by atoms with Gasteiger partial charge in [0.15, 0.2) is 0 Å². The van der Waals surface area contributed by atoms with Crippen molar-refractivity contribution in [3.8, 4) is 0 Å². The summed E-state index contributed by atoms with van der Waals surface area (Å²) in [6, 6.07) is 11.6. The van der Waals surface area contributed by atoms with E-state index in [4.69, 9.17) is 0 Å². The molecule has 0 radical (unpaired) electrons. The molecule has 32 heavy (non-hydrogen) atoms. The van der Waals surface area contributed by atoms with Gasteiger partial charge in [0.2, 0.25) is 20.0 Å². The van der Waals surface area contributed by atoms with Crippen LogP contribution in [0.4, 0.5) is 4.39 Å². The standard InChI is InChI=1S/C21H20FN3O4S3/c1-15-23-17(13-30-15)12-25-21(19-7-2-3-8-20(19)32(25,28)29)9-10-24(14-21)31(26,27)18-6-4-5-16(22)11-18/h2-8,11,13H,9-10,12,14H2,1H3. The third-order valence-corrected chi connectivity index (χ3v) is 10.7. The first-order chi connectivity index (χ1) is 15.1. The van der Waals surface area contributed by atoms with Gasteiger partial charge >= 0.3 is 0 Å². The Labute approximate surface area is 190 Å². The van der Waals surface area contributed by atoms with Crippen LogP contribution < -0.4 is 0 Å². The highest BCUT2D eigenvalue weighted by molar-refractivity contribution is 7.89. The van der Waals surface area contributed by atoms with Crippen LogP contribution in [0.2, 0.25) is 0 Å². The minimum Gasteiger partial charge on any atom is -0.245 e. The number of hydrogen-bond donors (Lipinski definition) is 0.